The molecule has 0 bridgehead atoms. The van der Waals surface area contributed by atoms with Gasteiger partial charge >= 0.3 is 0 Å². The first kappa shape index (κ1) is 8.06. The van der Waals surface area contributed by atoms with Crippen LogP contribution in [0.15, 0.2) is 0 Å². The Morgan fingerprint density at radius 2 is 2.10 bits per heavy atom. The first-order valence-corrected chi connectivity index (χ1v) is 4.06. The second-order valence-electron chi connectivity index (χ2n) is 4.02. The van der Waals surface area contributed by atoms with Crippen molar-refractivity contribution in [1.82, 2.24) is 0 Å². The molecule has 10 heavy (non-hydrogen) atoms. The van der Waals surface area contributed by atoms with Crippen molar-refractivity contribution in [3.05, 3.63) is 6.42 Å². The van der Waals surface area contributed by atoms with Gasteiger partial charge in [0.15, 0.2) is 0 Å². The zero-order valence-corrected chi connectivity index (χ0v) is 7.09. The molecule has 0 aromatic heterocycles. The Kier molecular flexibility index (Phi) is 2.04. The van der Waals surface area contributed by atoms with Crippen molar-refractivity contribution >= 4 is 0 Å². The van der Waals surface area contributed by atoms with Gasteiger partial charge in [-0.2, -0.15) is 0 Å². The maximum absolute atomic E-state index is 9.67. The minimum atomic E-state index is -0.138. The van der Waals surface area contributed by atoms with Gasteiger partial charge < -0.3 is 5.11 Å². The predicted molar refractivity (Wildman–Crippen MR) is 42.5 cm³/mol. The molecule has 1 aliphatic rings. The minimum Gasteiger partial charge on any atom is -0.392 e. The lowest BCUT2D eigenvalue weighted by atomic mass is 9.70. The van der Waals surface area contributed by atoms with Gasteiger partial charge in [0.1, 0.15) is 0 Å². The topological polar surface area (TPSA) is 20.2 Å². The van der Waals surface area contributed by atoms with E-state index in [1.807, 2.05) is 0 Å². The molecule has 0 heterocycles. The summed E-state index contributed by atoms with van der Waals surface area (Å²) in [5, 5.41) is 9.67. The molecule has 0 aromatic carbocycles. The molecule has 1 nitrogen and oxygen atoms in total. The van der Waals surface area contributed by atoms with E-state index >= 15 is 0 Å². The standard InChI is InChI=1S/C9H17O/c1-7-5-4-6-9(2,3)8(7)10/h6-8,10H,4-5H2,1-3H3/t7-,8-/m0/s1. The van der Waals surface area contributed by atoms with Crippen LogP contribution in [0.5, 0.6) is 0 Å². The zero-order valence-electron chi connectivity index (χ0n) is 7.09. The first-order chi connectivity index (χ1) is 4.54. The summed E-state index contributed by atoms with van der Waals surface area (Å²) in [5.41, 5.74) is 0.0394. The van der Waals surface area contributed by atoms with Crippen LogP contribution < -0.4 is 0 Å². The summed E-state index contributed by atoms with van der Waals surface area (Å²) in [6.07, 6.45) is 4.40. The Labute approximate surface area is 63.4 Å². The van der Waals surface area contributed by atoms with Crippen LogP contribution in [0.1, 0.15) is 33.6 Å². The highest BCUT2D eigenvalue weighted by Gasteiger charge is 2.35. The summed E-state index contributed by atoms with van der Waals surface area (Å²) in [6, 6.07) is 0. The lowest BCUT2D eigenvalue weighted by Gasteiger charge is -2.38. The van der Waals surface area contributed by atoms with Gasteiger partial charge in [-0.15, -0.1) is 0 Å². The van der Waals surface area contributed by atoms with E-state index < -0.39 is 0 Å². The van der Waals surface area contributed by atoms with Crippen LogP contribution >= 0.6 is 0 Å². The smallest absolute Gasteiger partial charge is 0.0619 e. The summed E-state index contributed by atoms with van der Waals surface area (Å²) in [5.74, 6) is 0.472. The van der Waals surface area contributed by atoms with E-state index in [0.29, 0.717) is 5.92 Å². The Morgan fingerprint density at radius 3 is 2.50 bits per heavy atom. The maximum atomic E-state index is 9.67. The lowest BCUT2D eigenvalue weighted by Crippen LogP contribution is -2.38. The second-order valence-corrected chi connectivity index (χ2v) is 4.02. The van der Waals surface area contributed by atoms with Crippen LogP contribution in [0.25, 0.3) is 0 Å². The van der Waals surface area contributed by atoms with Crippen LogP contribution in [0.4, 0.5) is 0 Å². The summed E-state index contributed by atoms with van der Waals surface area (Å²) in [7, 11) is 0. The third-order valence-corrected chi connectivity index (χ3v) is 2.59. The molecule has 1 saturated carbocycles. The molecule has 0 saturated heterocycles. The monoisotopic (exact) mass is 141 g/mol. The fourth-order valence-corrected chi connectivity index (χ4v) is 1.73. The fraction of sp³-hybridized carbons (Fsp3) is 0.889. The van der Waals surface area contributed by atoms with E-state index in [4.69, 9.17) is 0 Å². The van der Waals surface area contributed by atoms with Gasteiger partial charge in [0, 0.05) is 0 Å². The van der Waals surface area contributed by atoms with Crippen molar-refractivity contribution in [3.63, 3.8) is 0 Å². The largest absolute Gasteiger partial charge is 0.392 e. The zero-order chi connectivity index (χ0) is 7.78. The minimum absolute atomic E-state index is 0.0394. The molecule has 1 N–H and O–H groups in total. The third-order valence-electron chi connectivity index (χ3n) is 2.59. The molecule has 0 aromatic rings. The third kappa shape index (κ3) is 1.34. The maximum Gasteiger partial charge on any atom is 0.0619 e. The van der Waals surface area contributed by atoms with Gasteiger partial charge in [0.2, 0.25) is 0 Å². The van der Waals surface area contributed by atoms with Crippen LogP contribution in [0.2, 0.25) is 0 Å². The molecular weight excluding hydrogens is 124 g/mol. The number of rotatable bonds is 0. The average molecular weight is 141 g/mol. The molecule has 1 fully saturated rings. The van der Waals surface area contributed by atoms with E-state index in [2.05, 4.69) is 27.2 Å². The molecule has 1 radical (unpaired) electrons. The highest BCUT2D eigenvalue weighted by atomic mass is 16.3. The van der Waals surface area contributed by atoms with Crippen LogP contribution in [-0.4, -0.2) is 11.2 Å². The Morgan fingerprint density at radius 1 is 1.50 bits per heavy atom. The quantitative estimate of drug-likeness (QED) is 0.547. The van der Waals surface area contributed by atoms with Crippen LogP contribution in [0.3, 0.4) is 0 Å². The Hall–Kier alpha value is -0.0400. The molecule has 0 amide bonds. The first-order valence-electron chi connectivity index (χ1n) is 4.06. The van der Waals surface area contributed by atoms with Gasteiger partial charge in [-0.05, 0) is 30.6 Å². The van der Waals surface area contributed by atoms with Crippen molar-refractivity contribution < 1.29 is 5.11 Å². The summed E-state index contributed by atoms with van der Waals surface area (Å²) >= 11 is 0. The molecule has 0 unspecified atom stereocenters. The van der Waals surface area contributed by atoms with Crippen molar-refractivity contribution in [2.75, 3.05) is 0 Å². The van der Waals surface area contributed by atoms with Crippen LogP contribution in [0, 0.1) is 17.8 Å². The summed E-state index contributed by atoms with van der Waals surface area (Å²) in [4.78, 5) is 0. The summed E-state index contributed by atoms with van der Waals surface area (Å²) in [6.45, 7) is 6.33. The van der Waals surface area contributed by atoms with Gasteiger partial charge in [0.25, 0.3) is 0 Å². The van der Waals surface area contributed by atoms with E-state index in [1.54, 1.807) is 0 Å². The van der Waals surface area contributed by atoms with Crippen LogP contribution in [-0.2, 0) is 0 Å². The molecule has 1 heteroatoms. The predicted octanol–water partition coefficient (Wildman–Crippen LogP) is 2.01. The molecule has 1 aliphatic carbocycles. The van der Waals surface area contributed by atoms with E-state index in [9.17, 15) is 5.11 Å². The van der Waals surface area contributed by atoms with Gasteiger partial charge in [-0.1, -0.05) is 20.8 Å². The van der Waals surface area contributed by atoms with Crippen molar-refractivity contribution in [2.45, 2.75) is 39.7 Å². The average Bonchev–Trinajstić information content (AvgIpc) is 1.83. The number of hydrogen-bond acceptors (Lipinski definition) is 1. The van der Waals surface area contributed by atoms with Crippen molar-refractivity contribution in [3.8, 4) is 0 Å². The summed E-state index contributed by atoms with van der Waals surface area (Å²) < 4.78 is 0. The van der Waals surface area contributed by atoms with Crippen molar-refractivity contribution in [1.29, 1.82) is 0 Å². The Bertz CT molecular complexity index is 118. The highest BCUT2D eigenvalue weighted by Crippen LogP contribution is 2.37. The SMILES string of the molecule is C[C@H]1CC[CH]C(C)(C)[C@H]1O. The molecule has 59 valence electrons. The van der Waals surface area contributed by atoms with E-state index in [1.165, 1.54) is 0 Å². The van der Waals surface area contributed by atoms with E-state index in [-0.39, 0.29) is 11.5 Å². The van der Waals surface area contributed by atoms with Gasteiger partial charge in [0.05, 0.1) is 6.10 Å². The van der Waals surface area contributed by atoms with E-state index in [0.717, 1.165) is 12.8 Å². The Balaban J connectivity index is 2.60. The van der Waals surface area contributed by atoms with Crippen molar-refractivity contribution in [2.24, 2.45) is 11.3 Å². The lowest BCUT2D eigenvalue weighted by molar-refractivity contribution is 0.00350. The van der Waals surface area contributed by atoms with Gasteiger partial charge in [-0.25, -0.2) is 0 Å². The molecule has 2 atom stereocenters. The molecular formula is C9H17O. The molecule has 1 rings (SSSR count). The van der Waals surface area contributed by atoms with Gasteiger partial charge in [-0.3, -0.25) is 0 Å². The number of hydrogen-bond donors (Lipinski definition) is 1. The number of aliphatic hydroxyl groups excluding tert-OH is 1. The highest BCUT2D eigenvalue weighted by molar-refractivity contribution is 4.97. The molecule has 0 aliphatic heterocycles. The number of aliphatic hydroxyl groups is 1. The second kappa shape index (κ2) is 2.54. The normalized spacial score (nSPS) is 39.6. The fourth-order valence-electron chi connectivity index (χ4n) is 1.73. The molecule has 0 spiro atoms.